The van der Waals surface area contributed by atoms with Crippen LogP contribution in [0.25, 0.3) is 0 Å². The Morgan fingerprint density at radius 1 is 1.05 bits per heavy atom. The van der Waals surface area contributed by atoms with Gasteiger partial charge in [0.25, 0.3) is 0 Å². The molecule has 2 fully saturated rings. The van der Waals surface area contributed by atoms with Crippen LogP contribution in [0, 0.1) is 11.8 Å². The van der Waals surface area contributed by atoms with Crippen LogP contribution in [0.3, 0.4) is 0 Å². The SMILES string of the molecule is C[C@@H](NC1CCC2CCCCC2C1)c1ccccc1Cl. The molecule has 0 aromatic heterocycles. The molecular weight excluding hydrogens is 266 g/mol. The lowest BCUT2D eigenvalue weighted by atomic mass is 9.69. The average Bonchev–Trinajstić information content (AvgIpc) is 2.47. The van der Waals surface area contributed by atoms with Gasteiger partial charge in [0.05, 0.1) is 0 Å². The number of rotatable bonds is 3. The van der Waals surface area contributed by atoms with Crippen molar-refractivity contribution in [1.82, 2.24) is 5.32 Å². The molecular formula is C18H26ClN. The molecule has 0 radical (unpaired) electrons. The molecule has 2 aliphatic rings. The van der Waals surface area contributed by atoms with Gasteiger partial charge in [0.2, 0.25) is 0 Å². The summed E-state index contributed by atoms with van der Waals surface area (Å²) in [6.07, 6.45) is 10.0. The minimum absolute atomic E-state index is 0.355. The van der Waals surface area contributed by atoms with E-state index in [1.54, 1.807) is 0 Å². The monoisotopic (exact) mass is 291 g/mol. The normalized spacial score (nSPS) is 31.6. The fourth-order valence-electron chi connectivity index (χ4n) is 4.29. The molecule has 1 aromatic carbocycles. The fourth-order valence-corrected chi connectivity index (χ4v) is 4.59. The van der Waals surface area contributed by atoms with Crippen molar-refractivity contribution in [2.75, 3.05) is 0 Å². The first kappa shape index (κ1) is 14.4. The van der Waals surface area contributed by atoms with Crippen molar-refractivity contribution in [3.8, 4) is 0 Å². The maximum Gasteiger partial charge on any atom is 0.0453 e. The summed E-state index contributed by atoms with van der Waals surface area (Å²) in [5.74, 6) is 2.01. The molecule has 1 aromatic rings. The Hall–Kier alpha value is -0.530. The van der Waals surface area contributed by atoms with Gasteiger partial charge in [-0.3, -0.25) is 0 Å². The first-order valence-corrected chi connectivity index (χ1v) is 8.62. The third kappa shape index (κ3) is 3.20. The van der Waals surface area contributed by atoms with Gasteiger partial charge in [0.1, 0.15) is 0 Å². The van der Waals surface area contributed by atoms with Crippen molar-refractivity contribution in [2.45, 2.75) is 64.0 Å². The molecule has 0 saturated heterocycles. The molecule has 2 heteroatoms. The van der Waals surface area contributed by atoms with Crippen molar-refractivity contribution < 1.29 is 0 Å². The summed E-state index contributed by atoms with van der Waals surface area (Å²) in [6.45, 7) is 2.24. The van der Waals surface area contributed by atoms with Crippen molar-refractivity contribution in [1.29, 1.82) is 0 Å². The average molecular weight is 292 g/mol. The summed E-state index contributed by atoms with van der Waals surface area (Å²) in [5.41, 5.74) is 1.24. The summed E-state index contributed by atoms with van der Waals surface area (Å²) < 4.78 is 0. The molecule has 110 valence electrons. The second-order valence-electron chi connectivity index (χ2n) is 6.72. The Morgan fingerprint density at radius 3 is 2.60 bits per heavy atom. The van der Waals surface area contributed by atoms with E-state index in [2.05, 4.69) is 24.4 Å². The van der Waals surface area contributed by atoms with Crippen molar-refractivity contribution in [3.05, 3.63) is 34.9 Å². The highest BCUT2D eigenvalue weighted by molar-refractivity contribution is 6.31. The minimum Gasteiger partial charge on any atom is -0.307 e. The lowest BCUT2D eigenvalue weighted by Gasteiger charge is -2.40. The molecule has 0 spiro atoms. The zero-order chi connectivity index (χ0) is 13.9. The predicted molar refractivity (Wildman–Crippen MR) is 86.1 cm³/mol. The molecule has 20 heavy (non-hydrogen) atoms. The van der Waals surface area contributed by atoms with Crippen molar-refractivity contribution >= 4 is 11.6 Å². The number of hydrogen-bond acceptors (Lipinski definition) is 1. The number of nitrogens with one attached hydrogen (secondary N) is 1. The van der Waals surface area contributed by atoms with E-state index in [9.17, 15) is 0 Å². The molecule has 4 atom stereocenters. The van der Waals surface area contributed by atoms with Gasteiger partial charge in [-0.15, -0.1) is 0 Å². The van der Waals surface area contributed by atoms with Crippen LogP contribution in [-0.2, 0) is 0 Å². The molecule has 1 N–H and O–H groups in total. The van der Waals surface area contributed by atoms with Crippen LogP contribution in [0.4, 0.5) is 0 Å². The topological polar surface area (TPSA) is 12.0 Å². The quantitative estimate of drug-likeness (QED) is 0.791. The van der Waals surface area contributed by atoms with Crippen LogP contribution in [0.15, 0.2) is 24.3 Å². The van der Waals surface area contributed by atoms with Gasteiger partial charge in [-0.25, -0.2) is 0 Å². The van der Waals surface area contributed by atoms with Crippen molar-refractivity contribution in [2.24, 2.45) is 11.8 Å². The van der Waals surface area contributed by atoms with Gasteiger partial charge in [0, 0.05) is 17.1 Å². The number of fused-ring (bicyclic) bond motifs is 1. The first-order valence-electron chi connectivity index (χ1n) is 8.24. The Morgan fingerprint density at radius 2 is 1.80 bits per heavy atom. The predicted octanol–water partition coefficient (Wildman–Crippen LogP) is 5.35. The van der Waals surface area contributed by atoms with E-state index >= 15 is 0 Å². The molecule has 0 amide bonds. The second-order valence-corrected chi connectivity index (χ2v) is 7.13. The third-order valence-electron chi connectivity index (χ3n) is 5.40. The minimum atomic E-state index is 0.355. The van der Waals surface area contributed by atoms with Gasteiger partial charge < -0.3 is 5.32 Å². The van der Waals surface area contributed by atoms with E-state index in [0.29, 0.717) is 12.1 Å². The van der Waals surface area contributed by atoms with Gasteiger partial charge in [0.15, 0.2) is 0 Å². The van der Waals surface area contributed by atoms with Gasteiger partial charge in [-0.1, -0.05) is 55.5 Å². The van der Waals surface area contributed by atoms with E-state index in [4.69, 9.17) is 11.6 Å². The highest BCUT2D eigenvalue weighted by Crippen LogP contribution is 2.41. The van der Waals surface area contributed by atoms with Crippen LogP contribution in [0.5, 0.6) is 0 Å². The molecule has 0 heterocycles. The molecule has 0 aliphatic heterocycles. The first-order chi connectivity index (χ1) is 9.74. The van der Waals surface area contributed by atoms with E-state index in [-0.39, 0.29) is 0 Å². The Balaban J connectivity index is 1.59. The third-order valence-corrected chi connectivity index (χ3v) is 5.74. The van der Waals surface area contributed by atoms with E-state index in [0.717, 1.165) is 16.9 Å². The second kappa shape index (κ2) is 6.49. The van der Waals surface area contributed by atoms with Crippen LogP contribution in [0.2, 0.25) is 5.02 Å². The zero-order valence-electron chi connectivity index (χ0n) is 12.4. The van der Waals surface area contributed by atoms with Crippen molar-refractivity contribution in [3.63, 3.8) is 0 Å². The maximum atomic E-state index is 6.31. The summed E-state index contributed by atoms with van der Waals surface area (Å²) in [5, 5.41) is 4.71. The number of halogens is 1. The van der Waals surface area contributed by atoms with E-state index in [1.165, 1.54) is 50.5 Å². The van der Waals surface area contributed by atoms with Gasteiger partial charge >= 0.3 is 0 Å². The lowest BCUT2D eigenvalue weighted by molar-refractivity contribution is 0.139. The summed E-state index contributed by atoms with van der Waals surface area (Å²) in [7, 11) is 0. The molecule has 2 saturated carbocycles. The Kier molecular flexibility index (Phi) is 4.68. The molecule has 2 aliphatic carbocycles. The fraction of sp³-hybridized carbons (Fsp3) is 0.667. The standard InChI is InChI=1S/C18H26ClN/c1-13(17-8-4-5-9-18(17)19)20-16-11-10-14-6-2-3-7-15(14)12-16/h4-5,8-9,13-16,20H,2-3,6-7,10-12H2,1H3/t13-,14?,15?,16?/m1/s1. The summed E-state index contributed by atoms with van der Waals surface area (Å²) in [4.78, 5) is 0. The van der Waals surface area contributed by atoms with Gasteiger partial charge in [-0.05, 0) is 49.7 Å². The van der Waals surface area contributed by atoms with Gasteiger partial charge in [-0.2, -0.15) is 0 Å². The van der Waals surface area contributed by atoms with E-state index < -0.39 is 0 Å². The highest BCUT2D eigenvalue weighted by Gasteiger charge is 2.32. The largest absolute Gasteiger partial charge is 0.307 e. The smallest absolute Gasteiger partial charge is 0.0453 e. The lowest BCUT2D eigenvalue weighted by Crippen LogP contribution is -2.39. The Bertz CT molecular complexity index is 445. The number of benzene rings is 1. The van der Waals surface area contributed by atoms with Crippen LogP contribution in [0.1, 0.15) is 63.5 Å². The molecule has 3 rings (SSSR count). The summed E-state index contributed by atoms with van der Waals surface area (Å²) in [6, 6.07) is 9.26. The highest BCUT2D eigenvalue weighted by atomic mass is 35.5. The molecule has 0 bridgehead atoms. The molecule has 3 unspecified atom stereocenters. The molecule has 1 nitrogen and oxygen atoms in total. The van der Waals surface area contributed by atoms with Crippen LogP contribution < -0.4 is 5.32 Å². The zero-order valence-corrected chi connectivity index (χ0v) is 13.2. The van der Waals surface area contributed by atoms with E-state index in [1.807, 2.05) is 12.1 Å². The van der Waals surface area contributed by atoms with Crippen LogP contribution in [-0.4, -0.2) is 6.04 Å². The number of hydrogen-bond donors (Lipinski definition) is 1. The van der Waals surface area contributed by atoms with Crippen LogP contribution >= 0.6 is 11.6 Å². The summed E-state index contributed by atoms with van der Waals surface area (Å²) >= 11 is 6.31. The maximum absolute atomic E-state index is 6.31. The Labute approximate surface area is 128 Å².